The number of aromatic nitrogens is 2. The standard InChI is InChI=1S/C12H16ClN5O/c1-6-2-8(6)18-4-7(3-9(18)19)17-12-10(13)11(14)15-5-16-12/h5-8H,2-4H2,1H3,(H3,14,15,16,17). The minimum atomic E-state index is 0.0344. The molecular weight excluding hydrogens is 266 g/mol. The van der Waals surface area contributed by atoms with Crippen molar-refractivity contribution >= 4 is 29.1 Å². The number of hydrogen-bond acceptors (Lipinski definition) is 5. The molecule has 1 saturated heterocycles. The van der Waals surface area contributed by atoms with Gasteiger partial charge in [-0.1, -0.05) is 18.5 Å². The molecule has 1 aliphatic heterocycles. The van der Waals surface area contributed by atoms with Crippen molar-refractivity contribution in [3.63, 3.8) is 0 Å². The third kappa shape index (κ3) is 2.32. The van der Waals surface area contributed by atoms with Crippen molar-refractivity contribution in [3.8, 4) is 0 Å². The molecule has 3 rings (SSSR count). The van der Waals surface area contributed by atoms with Crippen molar-refractivity contribution in [2.24, 2.45) is 5.92 Å². The molecule has 2 heterocycles. The molecule has 19 heavy (non-hydrogen) atoms. The first-order valence-electron chi connectivity index (χ1n) is 6.38. The Morgan fingerprint density at radius 1 is 1.53 bits per heavy atom. The molecule has 3 atom stereocenters. The number of carbonyl (C=O) groups excluding carboxylic acids is 1. The zero-order valence-electron chi connectivity index (χ0n) is 10.6. The molecule has 1 aromatic rings. The lowest BCUT2D eigenvalue weighted by molar-refractivity contribution is -0.128. The Hall–Kier alpha value is -1.56. The maximum absolute atomic E-state index is 11.9. The number of nitrogens with two attached hydrogens (primary N) is 1. The van der Waals surface area contributed by atoms with Gasteiger partial charge in [0.2, 0.25) is 5.91 Å². The minimum absolute atomic E-state index is 0.0344. The van der Waals surface area contributed by atoms with Gasteiger partial charge in [-0.3, -0.25) is 4.79 Å². The first kappa shape index (κ1) is 12.5. The Morgan fingerprint density at radius 3 is 2.95 bits per heavy atom. The highest BCUT2D eigenvalue weighted by molar-refractivity contribution is 6.35. The molecule has 1 amide bonds. The van der Waals surface area contributed by atoms with Crippen LogP contribution < -0.4 is 11.1 Å². The molecule has 1 aliphatic carbocycles. The molecule has 0 spiro atoms. The lowest BCUT2D eigenvalue weighted by Gasteiger charge is -2.17. The zero-order valence-corrected chi connectivity index (χ0v) is 11.4. The van der Waals surface area contributed by atoms with Gasteiger partial charge >= 0.3 is 0 Å². The van der Waals surface area contributed by atoms with Crippen molar-refractivity contribution in [3.05, 3.63) is 11.3 Å². The predicted octanol–water partition coefficient (Wildman–Crippen LogP) is 1.13. The maximum Gasteiger partial charge on any atom is 0.225 e. The molecule has 1 aromatic heterocycles. The molecular formula is C12H16ClN5O. The topological polar surface area (TPSA) is 84.1 Å². The van der Waals surface area contributed by atoms with Gasteiger partial charge in [0.25, 0.3) is 0 Å². The smallest absolute Gasteiger partial charge is 0.225 e. The molecule has 0 bridgehead atoms. The quantitative estimate of drug-likeness (QED) is 0.868. The highest BCUT2D eigenvalue weighted by Crippen LogP contribution is 2.38. The van der Waals surface area contributed by atoms with Gasteiger partial charge in [0.05, 0.1) is 6.04 Å². The third-order valence-electron chi connectivity index (χ3n) is 3.78. The summed E-state index contributed by atoms with van der Waals surface area (Å²) in [6, 6.07) is 0.456. The van der Waals surface area contributed by atoms with Crippen LogP contribution in [0.2, 0.25) is 5.02 Å². The lowest BCUT2D eigenvalue weighted by atomic mass is 10.2. The number of hydrogen-bond donors (Lipinski definition) is 2. The van der Waals surface area contributed by atoms with Gasteiger partial charge in [-0.05, 0) is 12.3 Å². The first-order chi connectivity index (χ1) is 9.06. The summed E-state index contributed by atoms with van der Waals surface area (Å²) in [7, 11) is 0. The van der Waals surface area contributed by atoms with Crippen LogP contribution in [0.15, 0.2) is 6.33 Å². The van der Waals surface area contributed by atoms with E-state index >= 15 is 0 Å². The number of rotatable bonds is 3. The van der Waals surface area contributed by atoms with E-state index in [0.29, 0.717) is 35.8 Å². The second kappa shape index (κ2) is 4.52. The van der Waals surface area contributed by atoms with Crippen molar-refractivity contribution < 1.29 is 4.79 Å². The number of carbonyl (C=O) groups is 1. The van der Waals surface area contributed by atoms with Gasteiger partial charge in [0.15, 0.2) is 5.82 Å². The number of nitrogens with zero attached hydrogens (tertiary/aromatic N) is 3. The van der Waals surface area contributed by atoms with E-state index in [1.807, 2.05) is 4.90 Å². The SMILES string of the molecule is CC1CC1N1CC(Nc2ncnc(N)c2Cl)CC1=O. The van der Waals surface area contributed by atoms with Crippen LogP contribution in [0.3, 0.4) is 0 Å². The van der Waals surface area contributed by atoms with Crippen LogP contribution in [0.4, 0.5) is 11.6 Å². The molecule has 0 radical (unpaired) electrons. The molecule has 7 heteroatoms. The van der Waals surface area contributed by atoms with E-state index in [1.165, 1.54) is 6.33 Å². The molecule has 1 saturated carbocycles. The Morgan fingerprint density at radius 2 is 2.26 bits per heavy atom. The molecule has 3 N–H and O–H groups in total. The molecule has 102 valence electrons. The van der Waals surface area contributed by atoms with Crippen molar-refractivity contribution in [2.75, 3.05) is 17.6 Å². The van der Waals surface area contributed by atoms with Crippen LogP contribution in [0.25, 0.3) is 0 Å². The van der Waals surface area contributed by atoms with Crippen LogP contribution in [-0.4, -0.2) is 39.4 Å². The van der Waals surface area contributed by atoms with Crippen LogP contribution in [0.5, 0.6) is 0 Å². The van der Waals surface area contributed by atoms with Gasteiger partial charge in [-0.25, -0.2) is 9.97 Å². The average Bonchev–Trinajstić information content (AvgIpc) is 2.97. The highest BCUT2D eigenvalue weighted by Gasteiger charge is 2.44. The number of nitrogens with one attached hydrogen (secondary N) is 1. The van der Waals surface area contributed by atoms with E-state index in [-0.39, 0.29) is 17.8 Å². The van der Waals surface area contributed by atoms with E-state index in [0.717, 1.165) is 6.42 Å². The van der Waals surface area contributed by atoms with E-state index in [2.05, 4.69) is 22.2 Å². The van der Waals surface area contributed by atoms with Crippen molar-refractivity contribution in [1.29, 1.82) is 0 Å². The van der Waals surface area contributed by atoms with E-state index < -0.39 is 0 Å². The minimum Gasteiger partial charge on any atom is -0.382 e. The fourth-order valence-electron chi connectivity index (χ4n) is 2.56. The molecule has 0 aromatic carbocycles. The fraction of sp³-hybridized carbons (Fsp3) is 0.583. The Labute approximate surface area is 116 Å². The van der Waals surface area contributed by atoms with E-state index in [1.54, 1.807) is 0 Å². The Balaban J connectivity index is 1.68. The Bertz CT molecular complexity index is 523. The molecule has 2 fully saturated rings. The van der Waals surface area contributed by atoms with E-state index in [4.69, 9.17) is 17.3 Å². The number of likely N-dealkylation sites (tertiary alicyclic amines) is 1. The predicted molar refractivity (Wildman–Crippen MR) is 72.8 cm³/mol. The van der Waals surface area contributed by atoms with Gasteiger partial charge in [-0.15, -0.1) is 0 Å². The van der Waals surface area contributed by atoms with Gasteiger partial charge in [0.1, 0.15) is 17.2 Å². The third-order valence-corrected chi connectivity index (χ3v) is 4.16. The largest absolute Gasteiger partial charge is 0.382 e. The van der Waals surface area contributed by atoms with Crippen LogP contribution >= 0.6 is 11.6 Å². The monoisotopic (exact) mass is 281 g/mol. The summed E-state index contributed by atoms with van der Waals surface area (Å²) in [6.07, 6.45) is 2.95. The maximum atomic E-state index is 11.9. The fourth-order valence-corrected chi connectivity index (χ4v) is 2.72. The van der Waals surface area contributed by atoms with Crippen LogP contribution in [-0.2, 0) is 4.79 Å². The molecule has 6 nitrogen and oxygen atoms in total. The van der Waals surface area contributed by atoms with Crippen molar-refractivity contribution in [2.45, 2.75) is 31.8 Å². The second-order valence-electron chi connectivity index (χ2n) is 5.29. The lowest BCUT2D eigenvalue weighted by Crippen LogP contribution is -2.30. The zero-order chi connectivity index (χ0) is 13.6. The normalized spacial score (nSPS) is 29.7. The number of anilines is 2. The van der Waals surface area contributed by atoms with Crippen LogP contribution in [0.1, 0.15) is 19.8 Å². The summed E-state index contributed by atoms with van der Waals surface area (Å²) in [5, 5.41) is 3.50. The second-order valence-corrected chi connectivity index (χ2v) is 5.67. The number of amides is 1. The first-order valence-corrected chi connectivity index (χ1v) is 6.76. The summed E-state index contributed by atoms with van der Waals surface area (Å²) in [5.41, 5.74) is 5.63. The summed E-state index contributed by atoms with van der Waals surface area (Å²) < 4.78 is 0. The molecule has 2 aliphatic rings. The summed E-state index contributed by atoms with van der Waals surface area (Å²) in [5.74, 6) is 1.57. The highest BCUT2D eigenvalue weighted by atomic mass is 35.5. The number of halogens is 1. The average molecular weight is 282 g/mol. The summed E-state index contributed by atoms with van der Waals surface area (Å²) in [6.45, 7) is 2.87. The summed E-state index contributed by atoms with van der Waals surface area (Å²) in [4.78, 5) is 21.8. The van der Waals surface area contributed by atoms with Gasteiger partial charge in [-0.2, -0.15) is 0 Å². The Kier molecular flexibility index (Phi) is 2.97. The van der Waals surface area contributed by atoms with Gasteiger partial charge in [0, 0.05) is 19.0 Å². The summed E-state index contributed by atoms with van der Waals surface area (Å²) >= 11 is 6.03. The van der Waals surface area contributed by atoms with E-state index in [9.17, 15) is 4.79 Å². The number of nitrogen functional groups attached to an aromatic ring is 1. The molecule has 3 unspecified atom stereocenters. The van der Waals surface area contributed by atoms with Crippen molar-refractivity contribution in [1.82, 2.24) is 14.9 Å². The van der Waals surface area contributed by atoms with Crippen LogP contribution in [0, 0.1) is 5.92 Å². The van der Waals surface area contributed by atoms with Gasteiger partial charge < -0.3 is 16.0 Å².